The third-order valence-corrected chi connectivity index (χ3v) is 1.77. The van der Waals surface area contributed by atoms with Crippen molar-refractivity contribution in [2.75, 3.05) is 0 Å². The van der Waals surface area contributed by atoms with Gasteiger partial charge in [0.2, 0.25) is 0 Å². The number of carbonyl (C=O) groups excluding carboxylic acids is 1. The third-order valence-electron chi connectivity index (χ3n) is 1.59. The van der Waals surface area contributed by atoms with Gasteiger partial charge in [0.15, 0.2) is 9.87 Å². The van der Waals surface area contributed by atoms with Crippen molar-refractivity contribution in [1.29, 1.82) is 0 Å². The number of carbonyl (C=O) groups is 3. The second kappa shape index (κ2) is 5.61. The maximum atomic E-state index is 11.2. The van der Waals surface area contributed by atoms with Crippen LogP contribution < -0.4 is 0 Å². The van der Waals surface area contributed by atoms with Crippen molar-refractivity contribution in [1.82, 2.24) is 0 Å². The normalized spacial score (nSPS) is 14.8. The first-order chi connectivity index (χ1) is 7.46. The van der Waals surface area contributed by atoms with E-state index in [2.05, 4.69) is 30.0 Å². The molecule has 0 aromatic rings. The molecular formula is C8H12O7S2. The number of hydrogen-bond acceptors (Lipinski definition) is 7. The molecule has 0 spiro atoms. The van der Waals surface area contributed by atoms with Gasteiger partial charge < -0.3 is 20.1 Å². The van der Waals surface area contributed by atoms with Gasteiger partial charge in [-0.3, -0.25) is 9.59 Å². The zero-order valence-corrected chi connectivity index (χ0v) is 10.6. The molecule has 0 aliphatic rings. The van der Waals surface area contributed by atoms with Crippen molar-refractivity contribution < 1.29 is 34.4 Å². The highest BCUT2D eigenvalue weighted by Crippen LogP contribution is 2.23. The van der Waals surface area contributed by atoms with Gasteiger partial charge in [-0.2, -0.15) is 0 Å². The Bertz CT molecular complexity index is 335. The molecule has 0 aromatic heterocycles. The molecule has 0 aliphatic heterocycles. The third kappa shape index (κ3) is 6.39. The number of thiol groups is 2. The van der Waals surface area contributed by atoms with Crippen LogP contribution in [0.4, 0.5) is 0 Å². The van der Waals surface area contributed by atoms with Crippen LogP contribution in [0.5, 0.6) is 0 Å². The second-order valence-corrected chi connectivity index (χ2v) is 5.55. The molecule has 0 amide bonds. The Morgan fingerprint density at radius 2 is 1.65 bits per heavy atom. The van der Waals surface area contributed by atoms with Crippen LogP contribution in [-0.2, 0) is 19.1 Å². The molecule has 0 bridgehead atoms. The Hall–Kier alpha value is -0.930. The van der Waals surface area contributed by atoms with Crippen molar-refractivity contribution in [2.24, 2.45) is 0 Å². The molecule has 0 radical (unpaired) electrons. The summed E-state index contributed by atoms with van der Waals surface area (Å²) in [4.78, 5) is 32.3. The van der Waals surface area contributed by atoms with Gasteiger partial charge in [0.25, 0.3) is 0 Å². The minimum absolute atomic E-state index is 1.01. The van der Waals surface area contributed by atoms with Gasteiger partial charge in [-0.1, -0.05) is 0 Å². The quantitative estimate of drug-likeness (QED) is 0.259. The monoisotopic (exact) mass is 284 g/mol. The molecule has 1 atom stereocenters. The van der Waals surface area contributed by atoms with Gasteiger partial charge in [-0.25, -0.2) is 4.79 Å². The first-order valence-corrected chi connectivity index (χ1v) is 5.20. The Morgan fingerprint density at radius 3 is 1.94 bits per heavy atom. The number of esters is 1. The summed E-state index contributed by atoms with van der Waals surface area (Å²) in [6, 6.07) is 0. The standard InChI is InChI=1S/C8H12O7S2/c1-7(16,17)15-5(11)3-8(14,6(12)13)2-4(9)10/h14,16-17H,2-3H2,1H3,(H,9,10)(H,12,13). The van der Waals surface area contributed by atoms with Crippen molar-refractivity contribution in [3.05, 3.63) is 0 Å². The maximum absolute atomic E-state index is 11.2. The lowest BCUT2D eigenvalue weighted by molar-refractivity contribution is -0.172. The Balaban J connectivity index is 4.72. The van der Waals surface area contributed by atoms with Gasteiger partial charge in [0.05, 0.1) is 12.8 Å². The van der Waals surface area contributed by atoms with Crippen LogP contribution in [0.2, 0.25) is 0 Å². The van der Waals surface area contributed by atoms with Crippen LogP contribution in [0.1, 0.15) is 19.8 Å². The van der Waals surface area contributed by atoms with E-state index in [0.29, 0.717) is 0 Å². The Labute approximate surface area is 108 Å². The van der Waals surface area contributed by atoms with E-state index in [-0.39, 0.29) is 0 Å². The predicted octanol–water partition coefficient (Wildman–Crippen LogP) is -0.257. The highest BCUT2D eigenvalue weighted by atomic mass is 32.2. The molecule has 0 rings (SSSR count). The van der Waals surface area contributed by atoms with Gasteiger partial charge in [-0.15, -0.1) is 25.3 Å². The number of rotatable bonds is 6. The van der Waals surface area contributed by atoms with Crippen molar-refractivity contribution in [3.63, 3.8) is 0 Å². The molecule has 1 unspecified atom stereocenters. The van der Waals surface area contributed by atoms with E-state index in [1.807, 2.05) is 0 Å². The van der Waals surface area contributed by atoms with E-state index >= 15 is 0 Å². The van der Waals surface area contributed by atoms with E-state index < -0.39 is 40.6 Å². The van der Waals surface area contributed by atoms with Crippen LogP contribution in [0.25, 0.3) is 0 Å². The SMILES string of the molecule is CC(S)(S)OC(=O)CC(O)(CC(=O)O)C(=O)O. The zero-order valence-electron chi connectivity index (χ0n) is 8.78. The fraction of sp³-hybridized carbons (Fsp3) is 0.625. The molecule has 0 fully saturated rings. The number of hydrogen-bond donors (Lipinski definition) is 5. The summed E-state index contributed by atoms with van der Waals surface area (Å²) in [5.41, 5.74) is -2.71. The first-order valence-electron chi connectivity index (χ1n) is 4.30. The summed E-state index contributed by atoms with van der Waals surface area (Å²) in [5.74, 6) is -4.50. The molecule has 9 heteroatoms. The summed E-state index contributed by atoms with van der Waals surface area (Å²) in [6.45, 7) is 1.30. The van der Waals surface area contributed by atoms with E-state index in [0.717, 1.165) is 0 Å². The summed E-state index contributed by atoms with van der Waals surface area (Å²) >= 11 is 7.48. The summed E-state index contributed by atoms with van der Waals surface area (Å²) < 4.78 is 3.09. The lowest BCUT2D eigenvalue weighted by Crippen LogP contribution is -2.43. The van der Waals surface area contributed by atoms with Crippen LogP contribution >= 0.6 is 25.3 Å². The summed E-state index contributed by atoms with van der Waals surface area (Å²) in [5, 5.41) is 26.6. The highest BCUT2D eigenvalue weighted by Gasteiger charge is 2.42. The lowest BCUT2D eigenvalue weighted by atomic mass is 9.96. The smallest absolute Gasteiger partial charge is 0.336 e. The largest absolute Gasteiger partial charge is 0.481 e. The summed E-state index contributed by atoms with van der Waals surface area (Å²) in [7, 11) is 0. The predicted molar refractivity (Wildman–Crippen MR) is 61.9 cm³/mol. The van der Waals surface area contributed by atoms with Crippen molar-refractivity contribution in [2.45, 2.75) is 29.6 Å². The van der Waals surface area contributed by atoms with E-state index in [4.69, 9.17) is 10.2 Å². The molecule has 17 heavy (non-hydrogen) atoms. The highest BCUT2D eigenvalue weighted by molar-refractivity contribution is 8.00. The second-order valence-electron chi connectivity index (χ2n) is 3.49. The van der Waals surface area contributed by atoms with E-state index in [1.165, 1.54) is 6.92 Å². The summed E-state index contributed by atoms with van der Waals surface area (Å²) in [6.07, 6.45) is -2.13. The van der Waals surface area contributed by atoms with Gasteiger partial charge in [-0.05, 0) is 6.92 Å². The number of aliphatic carboxylic acids is 2. The molecule has 98 valence electrons. The minimum Gasteiger partial charge on any atom is -0.481 e. The molecule has 0 saturated carbocycles. The van der Waals surface area contributed by atoms with Crippen LogP contribution in [0.3, 0.4) is 0 Å². The molecular weight excluding hydrogens is 272 g/mol. The average molecular weight is 284 g/mol. The molecule has 3 N–H and O–H groups in total. The number of carboxylic acid groups (broad SMARTS) is 2. The van der Waals surface area contributed by atoms with Gasteiger partial charge in [0, 0.05) is 0 Å². The lowest BCUT2D eigenvalue weighted by Gasteiger charge is -2.23. The molecule has 0 heterocycles. The number of ether oxygens (including phenoxy) is 1. The Kier molecular flexibility index (Phi) is 5.30. The Morgan fingerprint density at radius 1 is 1.18 bits per heavy atom. The van der Waals surface area contributed by atoms with Gasteiger partial charge >= 0.3 is 17.9 Å². The van der Waals surface area contributed by atoms with E-state index in [9.17, 15) is 19.5 Å². The maximum Gasteiger partial charge on any atom is 0.336 e. The molecule has 7 nitrogen and oxygen atoms in total. The zero-order chi connectivity index (χ0) is 13.9. The van der Waals surface area contributed by atoms with Crippen LogP contribution in [0.15, 0.2) is 0 Å². The van der Waals surface area contributed by atoms with E-state index in [1.54, 1.807) is 0 Å². The molecule has 0 saturated heterocycles. The first kappa shape index (κ1) is 16.1. The molecule has 0 aromatic carbocycles. The van der Waals surface area contributed by atoms with Crippen LogP contribution in [0, 0.1) is 0 Å². The van der Waals surface area contributed by atoms with Crippen molar-refractivity contribution >= 4 is 43.2 Å². The number of aliphatic hydroxyl groups is 1. The van der Waals surface area contributed by atoms with Crippen molar-refractivity contribution in [3.8, 4) is 0 Å². The topological polar surface area (TPSA) is 121 Å². The number of carboxylic acids is 2. The van der Waals surface area contributed by atoms with Crippen LogP contribution in [-0.4, -0.2) is 43.1 Å². The average Bonchev–Trinajstić information content (AvgIpc) is 1.96. The van der Waals surface area contributed by atoms with Gasteiger partial charge in [0.1, 0.15) is 0 Å². The minimum atomic E-state index is -2.71. The molecule has 0 aliphatic carbocycles. The fourth-order valence-corrected chi connectivity index (χ4v) is 1.16. The fourth-order valence-electron chi connectivity index (χ4n) is 0.954.